The second kappa shape index (κ2) is 9.48. The quantitative estimate of drug-likeness (QED) is 0.546. The molecule has 0 spiro atoms. The Balaban J connectivity index is 1.20. The number of hydrogen-bond donors (Lipinski definition) is 3. The number of carbonyl (C=O) groups is 2. The van der Waals surface area contributed by atoms with Gasteiger partial charge in [0.15, 0.2) is 5.70 Å². The lowest BCUT2D eigenvalue weighted by Gasteiger charge is -2.35. The zero-order valence-electron chi connectivity index (χ0n) is 18.7. The zero-order valence-corrected chi connectivity index (χ0v) is 18.7. The van der Waals surface area contributed by atoms with Crippen LogP contribution in [0.15, 0.2) is 87.5 Å². The van der Waals surface area contributed by atoms with Gasteiger partial charge < -0.3 is 20.0 Å². The predicted octanol–water partition coefficient (Wildman–Crippen LogP) is 2.50. The molecule has 9 heteroatoms. The van der Waals surface area contributed by atoms with Crippen LogP contribution in [0, 0.1) is 5.53 Å². The van der Waals surface area contributed by atoms with E-state index < -0.39 is 11.8 Å². The molecule has 3 aliphatic rings. The van der Waals surface area contributed by atoms with Gasteiger partial charge in [-0.1, -0.05) is 18.2 Å². The summed E-state index contributed by atoms with van der Waals surface area (Å²) in [6.07, 6.45) is 6.60. The number of allylic oxidation sites excluding steroid dienone is 3. The first-order chi connectivity index (χ1) is 16.6. The minimum absolute atomic E-state index is 0.0849. The molecular formula is C25H26N6O3. The van der Waals surface area contributed by atoms with E-state index in [0.717, 1.165) is 49.7 Å². The summed E-state index contributed by atoms with van der Waals surface area (Å²) >= 11 is 0. The number of nitrogens with one attached hydrogen (secondary N) is 3. The van der Waals surface area contributed by atoms with E-state index in [1.807, 2.05) is 24.3 Å². The first-order valence-electron chi connectivity index (χ1n) is 11.3. The van der Waals surface area contributed by atoms with Crippen molar-refractivity contribution in [1.82, 2.24) is 15.5 Å². The first-order valence-corrected chi connectivity index (χ1v) is 11.3. The van der Waals surface area contributed by atoms with Crippen LogP contribution in [-0.4, -0.2) is 48.7 Å². The van der Waals surface area contributed by atoms with Crippen LogP contribution in [0.4, 0.5) is 5.69 Å². The Kier molecular flexibility index (Phi) is 6.09. The molecule has 0 bridgehead atoms. The van der Waals surface area contributed by atoms with Crippen LogP contribution < -0.4 is 15.5 Å². The highest BCUT2D eigenvalue weighted by Crippen LogP contribution is 2.26. The molecule has 1 saturated heterocycles. The summed E-state index contributed by atoms with van der Waals surface area (Å²) in [6.45, 7) is 5.00. The normalized spacial score (nSPS) is 20.6. The summed E-state index contributed by atoms with van der Waals surface area (Å²) in [5, 5.41) is 9.33. The summed E-state index contributed by atoms with van der Waals surface area (Å²) in [4.78, 5) is 30.3. The van der Waals surface area contributed by atoms with Crippen molar-refractivity contribution < 1.29 is 14.0 Å². The molecule has 5 rings (SSSR count). The summed E-state index contributed by atoms with van der Waals surface area (Å²) in [5.74, 6) is 0.300. The molecule has 1 fully saturated rings. The number of hydrogen-bond acceptors (Lipinski definition) is 9. The van der Waals surface area contributed by atoms with E-state index in [0.29, 0.717) is 12.1 Å². The molecule has 174 valence electrons. The molecule has 2 aromatic rings. The van der Waals surface area contributed by atoms with Crippen LogP contribution in [0.2, 0.25) is 0 Å². The highest BCUT2D eigenvalue weighted by molar-refractivity contribution is 6.23. The Labute approximate surface area is 197 Å². The monoisotopic (exact) mass is 458 g/mol. The van der Waals surface area contributed by atoms with E-state index >= 15 is 0 Å². The Morgan fingerprint density at radius 2 is 1.91 bits per heavy atom. The smallest absolute Gasteiger partial charge is 0.214 e. The van der Waals surface area contributed by atoms with Crippen LogP contribution >= 0.6 is 0 Å². The maximum atomic E-state index is 12.9. The summed E-state index contributed by atoms with van der Waals surface area (Å²) in [6, 6.07) is 11.4. The van der Waals surface area contributed by atoms with Gasteiger partial charge in [-0.3, -0.25) is 14.5 Å². The molecule has 3 N–H and O–H groups in total. The zero-order chi connectivity index (χ0) is 23.5. The van der Waals surface area contributed by atoms with Crippen molar-refractivity contribution in [3.63, 3.8) is 0 Å². The maximum Gasteiger partial charge on any atom is 0.214 e. The van der Waals surface area contributed by atoms with Gasteiger partial charge in [-0.05, 0) is 42.1 Å². The van der Waals surface area contributed by atoms with E-state index in [2.05, 4.69) is 37.7 Å². The van der Waals surface area contributed by atoms with E-state index in [9.17, 15) is 9.59 Å². The Morgan fingerprint density at radius 3 is 2.62 bits per heavy atom. The number of dihydropyridines is 1. The lowest BCUT2D eigenvalue weighted by molar-refractivity contribution is -0.121. The average molecular weight is 459 g/mol. The highest BCUT2D eigenvalue weighted by Gasteiger charge is 2.39. The summed E-state index contributed by atoms with van der Waals surface area (Å²) in [5.41, 5.74) is 9.80. The van der Waals surface area contributed by atoms with Crippen molar-refractivity contribution in [3.8, 4) is 0 Å². The van der Waals surface area contributed by atoms with Gasteiger partial charge in [0.25, 0.3) is 0 Å². The molecule has 34 heavy (non-hydrogen) atoms. The average Bonchev–Trinajstić information content (AvgIpc) is 3.39. The fourth-order valence-corrected chi connectivity index (χ4v) is 4.50. The van der Waals surface area contributed by atoms with Crippen molar-refractivity contribution in [2.75, 3.05) is 31.1 Å². The van der Waals surface area contributed by atoms with Gasteiger partial charge in [0.2, 0.25) is 11.6 Å². The third kappa shape index (κ3) is 4.29. The van der Waals surface area contributed by atoms with Crippen molar-refractivity contribution >= 4 is 17.3 Å². The fourth-order valence-electron chi connectivity index (χ4n) is 4.50. The van der Waals surface area contributed by atoms with E-state index in [-0.39, 0.29) is 17.2 Å². The molecule has 0 radical (unpaired) electrons. The number of fused-ring (bicyclic) bond motifs is 1. The van der Waals surface area contributed by atoms with Crippen LogP contribution in [-0.2, 0) is 22.7 Å². The molecule has 1 aromatic heterocycles. The Morgan fingerprint density at radius 1 is 1.12 bits per heavy atom. The van der Waals surface area contributed by atoms with Gasteiger partial charge in [0.1, 0.15) is 17.5 Å². The van der Waals surface area contributed by atoms with Gasteiger partial charge in [0, 0.05) is 44.0 Å². The second-order valence-electron chi connectivity index (χ2n) is 8.47. The molecule has 3 heterocycles. The van der Waals surface area contributed by atoms with E-state index in [1.165, 1.54) is 0 Å². The Bertz CT molecular complexity index is 1170. The number of nitrogens with zero attached hydrogens (tertiary/aromatic N) is 3. The number of Topliss-reactive ketones (excluding diaryl/α,β-unsaturated/α-hetero) is 2. The van der Waals surface area contributed by atoms with Gasteiger partial charge in [-0.25, -0.2) is 5.53 Å². The van der Waals surface area contributed by atoms with Crippen molar-refractivity contribution in [1.29, 1.82) is 5.53 Å². The summed E-state index contributed by atoms with van der Waals surface area (Å²) in [7, 11) is 0. The lowest BCUT2D eigenvalue weighted by atomic mass is 9.87. The highest BCUT2D eigenvalue weighted by atomic mass is 16.3. The van der Waals surface area contributed by atoms with Crippen molar-refractivity contribution in [2.24, 2.45) is 5.11 Å². The molecule has 1 atom stereocenters. The standard InChI is InChI=1S/C25H26N6O3/c26-29-23-22(25(33)21-20(24(23)32)4-1-9-27-21)28-15-17-5-7-18(8-6-17)31-12-10-30(11-13-31)16-19-3-2-14-34-19/h1-9,14,21,26-28H,10-13,15-16H2. The van der Waals surface area contributed by atoms with Gasteiger partial charge in [0.05, 0.1) is 12.8 Å². The molecule has 0 amide bonds. The van der Waals surface area contributed by atoms with Crippen LogP contribution in [0.5, 0.6) is 0 Å². The molecule has 0 saturated carbocycles. The second-order valence-corrected chi connectivity index (χ2v) is 8.47. The van der Waals surface area contributed by atoms with Crippen molar-refractivity contribution in [3.05, 3.63) is 89.3 Å². The minimum Gasteiger partial charge on any atom is -0.468 e. The molecular weight excluding hydrogens is 432 g/mol. The molecule has 9 nitrogen and oxygen atoms in total. The third-order valence-corrected chi connectivity index (χ3v) is 6.38. The van der Waals surface area contributed by atoms with Gasteiger partial charge in [-0.15, -0.1) is 0 Å². The van der Waals surface area contributed by atoms with Crippen molar-refractivity contribution in [2.45, 2.75) is 19.1 Å². The number of furan rings is 1. The predicted molar refractivity (Wildman–Crippen MR) is 126 cm³/mol. The van der Waals surface area contributed by atoms with E-state index in [1.54, 1.807) is 24.6 Å². The van der Waals surface area contributed by atoms with Gasteiger partial charge in [-0.2, -0.15) is 5.11 Å². The lowest BCUT2D eigenvalue weighted by Crippen LogP contribution is -2.47. The van der Waals surface area contributed by atoms with Crippen LogP contribution in [0.25, 0.3) is 0 Å². The number of benzene rings is 1. The molecule has 1 aromatic carbocycles. The maximum absolute atomic E-state index is 12.9. The van der Waals surface area contributed by atoms with E-state index in [4.69, 9.17) is 9.95 Å². The molecule has 1 aliphatic carbocycles. The summed E-state index contributed by atoms with van der Waals surface area (Å²) < 4.78 is 5.45. The van der Waals surface area contributed by atoms with Crippen LogP contribution in [0.1, 0.15) is 11.3 Å². The fraction of sp³-hybridized carbons (Fsp3) is 0.280. The number of piperazine rings is 1. The van der Waals surface area contributed by atoms with Gasteiger partial charge >= 0.3 is 0 Å². The Hall–Kier alpha value is -3.98. The number of anilines is 1. The topological polar surface area (TPSA) is 114 Å². The third-order valence-electron chi connectivity index (χ3n) is 6.38. The number of carbonyl (C=O) groups excluding carboxylic acids is 2. The molecule has 2 aliphatic heterocycles. The molecule has 1 unspecified atom stereocenters. The number of ketones is 2. The largest absolute Gasteiger partial charge is 0.468 e. The van der Waals surface area contributed by atoms with Crippen LogP contribution in [0.3, 0.4) is 0 Å². The first kappa shape index (κ1) is 21.8. The number of rotatable bonds is 7. The minimum atomic E-state index is -0.737. The SMILES string of the molecule is N=NC1=C(NCc2ccc(N3CCN(Cc4ccco4)CC3)cc2)C(=O)C2NC=CC=C2C1=O.